The summed E-state index contributed by atoms with van der Waals surface area (Å²) in [5, 5.41) is 0. The molecule has 0 fully saturated rings. The van der Waals surface area contributed by atoms with Crippen molar-refractivity contribution in [2.45, 2.75) is 26.7 Å². The Hall–Kier alpha value is -1.42. The van der Waals surface area contributed by atoms with Crippen molar-refractivity contribution in [3.63, 3.8) is 0 Å². The second kappa shape index (κ2) is 5.77. The Kier molecular flexibility index (Phi) is 4.63. The second-order valence-electron chi connectivity index (χ2n) is 4.27. The predicted octanol–water partition coefficient (Wildman–Crippen LogP) is 1.81. The molecule has 17 heavy (non-hydrogen) atoms. The van der Waals surface area contributed by atoms with Gasteiger partial charge in [0.2, 0.25) is 5.91 Å². The Balaban J connectivity index is 2.96. The van der Waals surface area contributed by atoms with E-state index in [-0.39, 0.29) is 5.91 Å². The third-order valence-corrected chi connectivity index (χ3v) is 3.54. The highest BCUT2D eigenvalue weighted by atomic mass is 16.2. The lowest BCUT2D eigenvalue weighted by Crippen LogP contribution is -2.46. The van der Waals surface area contributed by atoms with E-state index in [2.05, 4.69) is 4.98 Å². The van der Waals surface area contributed by atoms with E-state index < -0.39 is 5.41 Å². The minimum absolute atomic E-state index is 0.0676. The summed E-state index contributed by atoms with van der Waals surface area (Å²) in [5.74, 6) is 0.0676. The van der Waals surface area contributed by atoms with Crippen molar-refractivity contribution in [2.24, 2.45) is 11.1 Å². The maximum absolute atomic E-state index is 12.5. The molecule has 1 amide bonds. The predicted molar refractivity (Wildman–Crippen MR) is 69.7 cm³/mol. The molecule has 0 bridgehead atoms. The van der Waals surface area contributed by atoms with Crippen LogP contribution in [0.15, 0.2) is 24.5 Å². The summed E-state index contributed by atoms with van der Waals surface area (Å²) in [6.07, 6.45) is 4.88. The van der Waals surface area contributed by atoms with Gasteiger partial charge in [-0.3, -0.25) is 9.78 Å². The molecule has 0 aliphatic carbocycles. The average molecular weight is 235 g/mol. The van der Waals surface area contributed by atoms with Gasteiger partial charge in [0, 0.05) is 19.8 Å². The van der Waals surface area contributed by atoms with Gasteiger partial charge in [0.1, 0.15) is 0 Å². The molecule has 1 rings (SSSR count). The van der Waals surface area contributed by atoms with Crippen LogP contribution >= 0.6 is 0 Å². The molecule has 4 heteroatoms. The summed E-state index contributed by atoms with van der Waals surface area (Å²) in [5.41, 5.74) is 6.13. The van der Waals surface area contributed by atoms with Crippen LogP contribution in [0.3, 0.4) is 0 Å². The molecule has 0 aromatic carbocycles. The minimum atomic E-state index is -0.454. The van der Waals surface area contributed by atoms with Gasteiger partial charge in [0.25, 0.3) is 0 Å². The molecule has 2 N–H and O–H groups in total. The Morgan fingerprint density at radius 3 is 2.53 bits per heavy atom. The molecule has 0 saturated carbocycles. The fraction of sp³-hybridized carbons (Fsp3) is 0.538. The number of nitrogens with zero attached hydrogens (tertiary/aromatic N) is 2. The smallest absolute Gasteiger partial charge is 0.234 e. The summed E-state index contributed by atoms with van der Waals surface area (Å²) >= 11 is 0. The minimum Gasteiger partial charge on any atom is -0.329 e. The number of pyridine rings is 1. The Morgan fingerprint density at radius 1 is 1.47 bits per heavy atom. The number of hydrogen-bond donors (Lipinski definition) is 1. The second-order valence-corrected chi connectivity index (χ2v) is 4.27. The van der Waals surface area contributed by atoms with E-state index in [1.807, 2.05) is 26.0 Å². The van der Waals surface area contributed by atoms with Gasteiger partial charge in [-0.1, -0.05) is 13.8 Å². The van der Waals surface area contributed by atoms with Crippen molar-refractivity contribution in [3.8, 4) is 0 Å². The topological polar surface area (TPSA) is 59.2 Å². The van der Waals surface area contributed by atoms with E-state index in [9.17, 15) is 4.79 Å². The normalized spacial score (nSPS) is 11.3. The lowest BCUT2D eigenvalue weighted by atomic mass is 9.81. The molecule has 0 radical (unpaired) electrons. The number of carbonyl (C=O) groups is 1. The van der Waals surface area contributed by atoms with E-state index >= 15 is 0 Å². The van der Waals surface area contributed by atoms with E-state index in [0.29, 0.717) is 6.54 Å². The van der Waals surface area contributed by atoms with E-state index in [1.165, 1.54) is 0 Å². The summed E-state index contributed by atoms with van der Waals surface area (Å²) < 4.78 is 0. The van der Waals surface area contributed by atoms with Crippen LogP contribution in [-0.4, -0.2) is 24.5 Å². The maximum atomic E-state index is 12.5. The molecule has 0 unspecified atom stereocenters. The molecule has 0 atom stereocenters. The first-order valence-corrected chi connectivity index (χ1v) is 5.99. The number of carbonyl (C=O) groups excluding carboxylic acids is 1. The Bertz CT molecular complexity index is 352. The molecule has 0 spiro atoms. The molecule has 1 aromatic heterocycles. The summed E-state index contributed by atoms with van der Waals surface area (Å²) in [7, 11) is 1.77. The molecule has 0 aliphatic rings. The molecule has 0 aliphatic heterocycles. The van der Waals surface area contributed by atoms with Gasteiger partial charge >= 0.3 is 0 Å². The third-order valence-electron chi connectivity index (χ3n) is 3.54. The number of hydrogen-bond acceptors (Lipinski definition) is 3. The first kappa shape index (κ1) is 13.6. The van der Waals surface area contributed by atoms with Crippen molar-refractivity contribution in [2.75, 3.05) is 18.5 Å². The lowest BCUT2D eigenvalue weighted by molar-refractivity contribution is -0.127. The maximum Gasteiger partial charge on any atom is 0.234 e. The standard InChI is InChI=1S/C13H21N3O/c1-4-13(5-2,10-14)12(17)16(3)11-7-6-8-15-9-11/h6-9H,4-5,10,14H2,1-3H3. The van der Waals surface area contributed by atoms with Gasteiger partial charge in [-0.25, -0.2) is 0 Å². The van der Waals surface area contributed by atoms with Gasteiger partial charge in [-0.15, -0.1) is 0 Å². The Labute approximate surface area is 103 Å². The van der Waals surface area contributed by atoms with E-state index in [4.69, 9.17) is 5.73 Å². The van der Waals surface area contributed by atoms with Crippen molar-refractivity contribution in [1.29, 1.82) is 0 Å². The zero-order valence-electron chi connectivity index (χ0n) is 10.8. The van der Waals surface area contributed by atoms with Gasteiger partial charge in [-0.2, -0.15) is 0 Å². The first-order valence-electron chi connectivity index (χ1n) is 5.99. The van der Waals surface area contributed by atoms with Crippen molar-refractivity contribution >= 4 is 11.6 Å². The fourth-order valence-corrected chi connectivity index (χ4v) is 1.95. The highest BCUT2D eigenvalue weighted by Crippen LogP contribution is 2.29. The SMILES string of the molecule is CCC(CC)(CN)C(=O)N(C)c1cccnc1. The van der Waals surface area contributed by atoms with Crippen LogP contribution in [0.5, 0.6) is 0 Å². The van der Waals surface area contributed by atoms with E-state index in [1.54, 1.807) is 24.3 Å². The van der Waals surface area contributed by atoms with Gasteiger partial charge in [0.05, 0.1) is 17.3 Å². The van der Waals surface area contributed by atoms with Crippen LogP contribution in [0.4, 0.5) is 5.69 Å². The first-order chi connectivity index (χ1) is 8.11. The summed E-state index contributed by atoms with van der Waals surface area (Å²) in [6.45, 7) is 4.39. The Morgan fingerprint density at radius 2 is 2.12 bits per heavy atom. The van der Waals surface area contributed by atoms with Crippen LogP contribution in [0.2, 0.25) is 0 Å². The van der Waals surface area contributed by atoms with Gasteiger partial charge < -0.3 is 10.6 Å². The number of aromatic nitrogens is 1. The third kappa shape index (κ3) is 2.64. The fourth-order valence-electron chi connectivity index (χ4n) is 1.95. The highest BCUT2D eigenvalue weighted by molar-refractivity contribution is 5.97. The molecular weight excluding hydrogens is 214 g/mol. The van der Waals surface area contributed by atoms with Crippen LogP contribution < -0.4 is 10.6 Å². The summed E-state index contributed by atoms with van der Waals surface area (Å²) in [4.78, 5) is 18.1. The number of amides is 1. The van der Waals surface area contributed by atoms with Gasteiger partial charge in [-0.05, 0) is 25.0 Å². The van der Waals surface area contributed by atoms with Crippen molar-refractivity contribution in [1.82, 2.24) is 4.98 Å². The molecule has 0 saturated heterocycles. The summed E-state index contributed by atoms with van der Waals surface area (Å²) in [6, 6.07) is 3.69. The van der Waals surface area contributed by atoms with Crippen LogP contribution in [0.25, 0.3) is 0 Å². The number of nitrogens with two attached hydrogens (primary N) is 1. The number of rotatable bonds is 5. The monoisotopic (exact) mass is 235 g/mol. The van der Waals surface area contributed by atoms with Crippen molar-refractivity contribution < 1.29 is 4.79 Å². The largest absolute Gasteiger partial charge is 0.329 e. The van der Waals surface area contributed by atoms with Gasteiger partial charge in [0.15, 0.2) is 0 Å². The molecule has 1 heterocycles. The molecular formula is C13H21N3O. The molecule has 1 aromatic rings. The van der Waals surface area contributed by atoms with Crippen molar-refractivity contribution in [3.05, 3.63) is 24.5 Å². The number of anilines is 1. The van der Waals surface area contributed by atoms with Crippen LogP contribution in [-0.2, 0) is 4.79 Å². The van der Waals surface area contributed by atoms with E-state index in [0.717, 1.165) is 18.5 Å². The van der Waals surface area contributed by atoms with Crippen LogP contribution in [0, 0.1) is 5.41 Å². The quantitative estimate of drug-likeness (QED) is 0.846. The average Bonchev–Trinajstić information content (AvgIpc) is 2.41. The molecule has 94 valence electrons. The highest BCUT2D eigenvalue weighted by Gasteiger charge is 2.36. The van der Waals surface area contributed by atoms with Crippen LogP contribution in [0.1, 0.15) is 26.7 Å². The zero-order valence-corrected chi connectivity index (χ0v) is 10.8. The lowest BCUT2D eigenvalue weighted by Gasteiger charge is -2.33. The zero-order chi connectivity index (χ0) is 12.9. The molecule has 4 nitrogen and oxygen atoms in total.